The molecule has 34 N–H and O–H groups in total. The summed E-state index contributed by atoms with van der Waals surface area (Å²) < 4.78 is 113. The predicted molar refractivity (Wildman–Crippen MR) is 405 cm³/mol. The van der Waals surface area contributed by atoms with Crippen LogP contribution in [0.2, 0.25) is 0 Å². The topological polar surface area (TPSA) is 925 Å². The number of hydrogen-bond acceptors (Lipinski definition) is 53. The second-order valence-corrected chi connectivity index (χ2v) is 33.1. The zero-order chi connectivity index (χ0) is 97.6. The van der Waals surface area contributed by atoms with E-state index in [0.717, 1.165) is 34.6 Å². The average Bonchev–Trinajstić information content (AvgIpc) is 0.751. The Balaban J connectivity index is 0.995. The number of nitrogens with one attached hydrogen (secondary N) is 5. The number of aliphatic hydroxyl groups is 28. The summed E-state index contributed by atoms with van der Waals surface area (Å²) in [5.74, 6) is -10.4. The first-order chi connectivity index (χ1) is 62.3. The van der Waals surface area contributed by atoms with Crippen molar-refractivity contribution in [2.24, 2.45) is 0 Å². The Morgan fingerprint density at radius 1 is 0.311 bits per heavy atom. The van der Waals surface area contributed by atoms with Crippen LogP contribution in [-0.2, 0) is 119 Å². The minimum Gasteiger partial charge on any atom is -0.477 e. The van der Waals surface area contributed by atoms with Gasteiger partial charge in [-0.2, -0.15) is 0 Å². The molecule has 0 unspecified atom stereocenters. The van der Waals surface area contributed by atoms with Crippen LogP contribution in [0.5, 0.6) is 0 Å². The number of aliphatic hydroxyl groups excluding tert-OH is 28. The van der Waals surface area contributed by atoms with E-state index in [9.17, 15) is 177 Å². The van der Waals surface area contributed by atoms with Gasteiger partial charge in [0.15, 0.2) is 56.6 Å². The molecule has 0 aliphatic carbocycles. The standard InChI is InChI=1S/C73H121N5O54/c1-17(88)74-33-22(93)6-73(72(112)113,131-58(33)38(95)23(94)7-79)132-60-43(100)28(12-84)118-69(53(60)110)127-57-37(78-21(5)92)66(116-27(11-83)42(57)99)130-62-50(107)41(98)26(10-82)120-71(62)128-59-44(101)32(123-68(52(59)109)126-56-31(15-87)121-64(35(46(56)103)76-19(3)90)124-54-29(13-85)115-63(111)34(45(54)102)75-18(2)89)16-114-70-61(49(106)40(97)25(9-81)119-70)129-65-36(77-20(4)91)47(104)55(30(14-86)122-65)125-67-51(108)48(105)39(96)24(8-80)117-67/h22-71,79-87,93-111H,6-16H2,1-5H3,(H,74,88)(H,75,89)(H,76,90)(H,77,91)(H,78,92)(H,112,113)/t22-,23+,24+,25+,26+,27+,28+,29+,30+,31+,32+,33+,34+,35+,36+,37+,38+,39-,40+,41+,42+,43-,44+,45+,46+,47+,48-,49-,50-,51+,52-,53+,54+,55+,56+,57+,58+,59-,60-,61-,62-,63+,64-,65-,66-,67-,68-,69-,70-,71+,73-/m0/s1. The molecular weight excluding hydrogens is 1810 g/mol. The molecule has 59 nitrogen and oxygen atoms in total. The molecule has 0 radical (unpaired) electrons. The Morgan fingerprint density at radius 3 is 1.08 bits per heavy atom. The van der Waals surface area contributed by atoms with Crippen LogP contribution in [-0.4, -0.2) is 562 Å². The summed E-state index contributed by atoms with van der Waals surface area (Å²) in [4.78, 5) is 77.5. The number of aliphatic carboxylic acids is 1. The van der Waals surface area contributed by atoms with Gasteiger partial charge in [0.2, 0.25) is 29.5 Å². The van der Waals surface area contributed by atoms with Gasteiger partial charge in [0, 0.05) is 41.0 Å². The average molecular weight is 1930 g/mol. The van der Waals surface area contributed by atoms with E-state index in [1.165, 1.54) is 0 Å². The highest BCUT2D eigenvalue weighted by atomic mass is 16.8. The molecule has 10 aliphatic rings. The van der Waals surface area contributed by atoms with E-state index >= 15 is 0 Å². The Morgan fingerprint density at radius 2 is 0.629 bits per heavy atom. The molecule has 0 aromatic heterocycles. The number of carbonyl (C=O) groups excluding carboxylic acids is 5. The fraction of sp³-hybridized carbons (Fsp3) is 0.918. The molecule has 51 atom stereocenters. The Kier molecular flexibility index (Phi) is 39.0. The maximum atomic E-state index is 13.5. The number of carbonyl (C=O) groups is 6. The third-order valence-corrected chi connectivity index (χ3v) is 23.8. The Labute approximate surface area is 746 Å². The van der Waals surface area contributed by atoms with Gasteiger partial charge >= 0.3 is 5.97 Å². The van der Waals surface area contributed by atoms with E-state index in [1.807, 2.05) is 0 Å². The van der Waals surface area contributed by atoms with Gasteiger partial charge in [-0.1, -0.05) is 0 Å². The lowest BCUT2D eigenvalue weighted by molar-refractivity contribution is -0.400. The number of rotatable bonds is 36. The minimum absolute atomic E-state index is 0.820. The van der Waals surface area contributed by atoms with Crippen LogP contribution in [0.1, 0.15) is 41.0 Å². The number of carboxylic acid groups (broad SMARTS) is 1. The van der Waals surface area contributed by atoms with Gasteiger partial charge < -0.3 is 265 Å². The number of hydrogen-bond donors (Lipinski definition) is 34. The molecule has 0 spiro atoms. The number of carboxylic acids is 1. The van der Waals surface area contributed by atoms with Crippen LogP contribution < -0.4 is 26.6 Å². The molecule has 0 aromatic carbocycles. The van der Waals surface area contributed by atoms with Crippen molar-refractivity contribution < 1.29 is 267 Å². The summed E-state index contributed by atoms with van der Waals surface area (Å²) in [6, 6.07) is -9.62. The van der Waals surface area contributed by atoms with Gasteiger partial charge in [-0.15, -0.1) is 0 Å². The maximum Gasteiger partial charge on any atom is 0.364 e. The summed E-state index contributed by atoms with van der Waals surface area (Å²) in [5.41, 5.74) is 0. The summed E-state index contributed by atoms with van der Waals surface area (Å²) in [7, 11) is 0. The van der Waals surface area contributed by atoms with Crippen molar-refractivity contribution in [1.82, 2.24) is 26.6 Å². The van der Waals surface area contributed by atoms with Crippen molar-refractivity contribution in [1.29, 1.82) is 0 Å². The van der Waals surface area contributed by atoms with E-state index < -0.39 is 420 Å². The summed E-state index contributed by atoms with van der Waals surface area (Å²) in [5, 5.41) is 337. The molecule has 0 saturated carbocycles. The van der Waals surface area contributed by atoms with Crippen LogP contribution in [0.4, 0.5) is 0 Å². The first kappa shape index (κ1) is 109. The smallest absolute Gasteiger partial charge is 0.364 e. The van der Waals surface area contributed by atoms with Gasteiger partial charge in [0.05, 0.1) is 78.2 Å². The minimum atomic E-state index is -3.37. The largest absolute Gasteiger partial charge is 0.477 e. The molecular formula is C73H121N5O54. The SMILES string of the molecule is CC(=O)N[C@@H]1[C@@H](O)[C@H](O[C@@H]2O[C@H](CO)[C@@H](O[C@@H]3O[C@H](CO[C@H]4O[C@H](CO)[C@@H](O)[C@H](O)[C@@H]4O[C@@H]4O[C@H](CO)[C@@H](O[C@@H]5O[C@H](CO)[C@H](O)[C@H](O)[C@H]5O)[C@H](O)[C@H]4NC(C)=O)[C@@H](O)[C@H](O[C@H]4O[C@H](CO)[C@@H](O)[C@H](O)[C@@H]4O[C@@H]4O[C@H](CO)[C@@H](O)[C@H](O[C@@H]5O[C@H](CO)[C@H](O)[C@H](O[C@]6(C(=O)O)C[C@H](O)[C@@H](NC(C)=O)[C@H]([C@H](O)[C@H](O)CO)O6)[C@H]5O)[C@H]4NC(C)=O)[C@@H]3O)[C@H](O)[C@H]2NC(C)=O)[C@@H](CO)O[C@H]1O. The molecule has 10 rings (SSSR count). The lowest BCUT2D eigenvalue weighted by Gasteiger charge is -2.52. The van der Waals surface area contributed by atoms with Gasteiger partial charge in [0.25, 0.3) is 5.79 Å². The van der Waals surface area contributed by atoms with Gasteiger partial charge in [-0.3, -0.25) is 24.0 Å². The zero-order valence-electron chi connectivity index (χ0n) is 70.8. The fourth-order valence-corrected chi connectivity index (χ4v) is 17.0. The van der Waals surface area contributed by atoms with Crippen LogP contribution in [0.15, 0.2) is 0 Å². The molecule has 59 heteroatoms. The van der Waals surface area contributed by atoms with Crippen molar-refractivity contribution in [2.45, 2.75) is 353 Å². The molecule has 10 aliphatic heterocycles. The summed E-state index contributed by atoms with van der Waals surface area (Å²) in [6.45, 7) is -7.38. The van der Waals surface area contributed by atoms with E-state index in [0.29, 0.717) is 0 Å². The first-order valence-corrected chi connectivity index (χ1v) is 41.8. The van der Waals surface area contributed by atoms with E-state index in [1.54, 1.807) is 0 Å². The van der Waals surface area contributed by atoms with E-state index in [4.69, 9.17) is 90.0 Å². The predicted octanol–water partition coefficient (Wildman–Crippen LogP) is -22.9. The van der Waals surface area contributed by atoms with Crippen molar-refractivity contribution in [3.63, 3.8) is 0 Å². The Bertz CT molecular complexity index is 3680. The third-order valence-electron chi connectivity index (χ3n) is 23.8. The quantitative estimate of drug-likeness (QED) is 0.0277. The molecule has 5 amide bonds. The highest BCUT2D eigenvalue weighted by Gasteiger charge is 2.64. The molecule has 10 saturated heterocycles. The molecule has 762 valence electrons. The van der Waals surface area contributed by atoms with Crippen molar-refractivity contribution in [3.05, 3.63) is 0 Å². The fourth-order valence-electron chi connectivity index (χ4n) is 17.0. The van der Waals surface area contributed by atoms with Crippen LogP contribution in [0, 0.1) is 0 Å². The van der Waals surface area contributed by atoms with Gasteiger partial charge in [-0.05, 0) is 0 Å². The molecule has 10 heterocycles. The van der Waals surface area contributed by atoms with Crippen LogP contribution in [0.25, 0.3) is 0 Å². The second kappa shape index (κ2) is 47.3. The number of ether oxygens (including phenoxy) is 19. The second-order valence-electron chi connectivity index (χ2n) is 33.1. The highest BCUT2D eigenvalue weighted by Crippen LogP contribution is 2.43. The van der Waals surface area contributed by atoms with E-state index in [-0.39, 0.29) is 0 Å². The van der Waals surface area contributed by atoms with E-state index in [2.05, 4.69) is 26.6 Å². The third kappa shape index (κ3) is 24.0. The number of amides is 5. The summed E-state index contributed by atoms with van der Waals surface area (Å²) in [6.07, 6.45) is -101. The highest BCUT2D eigenvalue weighted by molar-refractivity contribution is 5.77. The normalized spacial score (nSPS) is 47.2. The maximum absolute atomic E-state index is 13.5. The first-order valence-electron chi connectivity index (χ1n) is 41.8. The lowest BCUT2D eigenvalue weighted by Crippen LogP contribution is -2.72. The summed E-state index contributed by atoms with van der Waals surface area (Å²) >= 11 is 0. The van der Waals surface area contributed by atoms with Crippen molar-refractivity contribution >= 4 is 35.5 Å². The van der Waals surface area contributed by atoms with Crippen LogP contribution >= 0.6 is 0 Å². The van der Waals surface area contributed by atoms with Crippen LogP contribution in [0.3, 0.4) is 0 Å². The van der Waals surface area contributed by atoms with Gasteiger partial charge in [-0.25, -0.2) is 4.79 Å². The molecule has 10 fully saturated rings. The zero-order valence-corrected chi connectivity index (χ0v) is 70.8. The van der Waals surface area contributed by atoms with Gasteiger partial charge in [0.1, 0.15) is 238 Å². The van der Waals surface area contributed by atoms with Crippen molar-refractivity contribution in [3.8, 4) is 0 Å². The lowest BCUT2D eigenvalue weighted by atomic mass is 9.88. The van der Waals surface area contributed by atoms with Crippen molar-refractivity contribution in [2.75, 3.05) is 66.1 Å². The molecule has 0 bridgehead atoms. The monoisotopic (exact) mass is 1930 g/mol. The molecule has 0 aromatic rings. The Hall–Kier alpha value is -5.06. The molecule has 132 heavy (non-hydrogen) atoms.